The lowest BCUT2D eigenvalue weighted by Crippen LogP contribution is -2.16. The summed E-state index contributed by atoms with van der Waals surface area (Å²) in [6.45, 7) is 0. The summed E-state index contributed by atoms with van der Waals surface area (Å²) in [5, 5.41) is 0. The molecule has 3 rings (SSSR count). The number of halogens is 1. The molecule has 2 bridgehead atoms. The predicted octanol–water partition coefficient (Wildman–Crippen LogP) is 4.40. The van der Waals surface area contributed by atoms with Crippen molar-refractivity contribution in [2.45, 2.75) is 38.5 Å². The zero-order chi connectivity index (χ0) is 14.1. The van der Waals surface area contributed by atoms with Gasteiger partial charge in [0, 0.05) is 17.3 Å². The average Bonchev–Trinajstić information content (AvgIpc) is 3.03. The zero-order valence-corrected chi connectivity index (χ0v) is 13.5. The molecule has 2 nitrogen and oxygen atoms in total. The maximum absolute atomic E-state index is 12.3. The first-order valence-electron chi connectivity index (χ1n) is 7.50. The van der Waals surface area contributed by atoms with Gasteiger partial charge in [0.15, 0.2) is 0 Å². The third-order valence-corrected chi connectivity index (χ3v) is 5.79. The second-order valence-corrected chi connectivity index (χ2v) is 7.17. The summed E-state index contributed by atoms with van der Waals surface area (Å²) < 4.78 is 6.23. The highest BCUT2D eigenvalue weighted by molar-refractivity contribution is 9.10. The van der Waals surface area contributed by atoms with Crippen molar-refractivity contribution in [3.63, 3.8) is 0 Å². The van der Waals surface area contributed by atoms with Crippen LogP contribution < -0.4 is 4.74 Å². The van der Waals surface area contributed by atoms with Gasteiger partial charge in [-0.3, -0.25) is 4.79 Å². The van der Waals surface area contributed by atoms with E-state index in [0.717, 1.165) is 34.0 Å². The molecular formula is C17H21BrO2. The molecule has 20 heavy (non-hydrogen) atoms. The van der Waals surface area contributed by atoms with Gasteiger partial charge in [0.25, 0.3) is 0 Å². The number of benzene rings is 1. The van der Waals surface area contributed by atoms with E-state index in [4.69, 9.17) is 4.74 Å². The summed E-state index contributed by atoms with van der Waals surface area (Å²) in [5.41, 5.74) is 1.04. The van der Waals surface area contributed by atoms with Crippen molar-refractivity contribution in [1.82, 2.24) is 0 Å². The summed E-state index contributed by atoms with van der Waals surface area (Å²) in [6.07, 6.45) is 6.70. The second kappa shape index (κ2) is 5.88. The van der Waals surface area contributed by atoms with Gasteiger partial charge in [-0.05, 0) is 60.8 Å². The number of methoxy groups -OCH3 is 1. The molecule has 3 heteroatoms. The minimum Gasteiger partial charge on any atom is -0.497 e. The topological polar surface area (TPSA) is 26.3 Å². The maximum Gasteiger partial charge on any atom is 0.137 e. The number of ether oxygens (including phenoxy) is 1. The van der Waals surface area contributed by atoms with Gasteiger partial charge in [0.2, 0.25) is 0 Å². The van der Waals surface area contributed by atoms with Crippen LogP contribution in [0, 0.1) is 17.8 Å². The Morgan fingerprint density at radius 2 is 2.20 bits per heavy atom. The second-order valence-electron chi connectivity index (χ2n) is 6.31. The summed E-state index contributed by atoms with van der Waals surface area (Å²) in [7, 11) is 1.66. The van der Waals surface area contributed by atoms with Crippen LogP contribution in [0.2, 0.25) is 0 Å². The standard InChI is InChI=1S/C17H21BrO2/c1-20-16-4-5-17(18)14(10-16)9-15(19)8-13-7-11-2-3-12(13)6-11/h4-5,10-13H,2-3,6-9H2,1H3. The Kier molecular flexibility index (Phi) is 4.16. The van der Waals surface area contributed by atoms with Crippen LogP contribution in [0.25, 0.3) is 0 Å². The number of carbonyl (C=O) groups excluding carboxylic acids is 1. The van der Waals surface area contributed by atoms with Crippen molar-refractivity contribution >= 4 is 21.7 Å². The van der Waals surface area contributed by atoms with Crippen molar-refractivity contribution in [3.8, 4) is 5.75 Å². The SMILES string of the molecule is COc1ccc(Br)c(CC(=O)CC2CC3CCC2C3)c1. The monoisotopic (exact) mass is 336 g/mol. The van der Waals surface area contributed by atoms with Crippen molar-refractivity contribution in [2.75, 3.05) is 7.11 Å². The summed E-state index contributed by atoms with van der Waals surface area (Å²) in [6, 6.07) is 5.83. The predicted molar refractivity (Wildman–Crippen MR) is 83.0 cm³/mol. The number of ketones is 1. The normalized spacial score (nSPS) is 27.8. The first kappa shape index (κ1) is 14.1. The maximum atomic E-state index is 12.3. The number of Topliss-reactive ketones (excluding diaryl/α,β-unsaturated/α-hetero) is 1. The molecule has 3 atom stereocenters. The van der Waals surface area contributed by atoms with E-state index in [-0.39, 0.29) is 0 Å². The first-order chi connectivity index (χ1) is 9.65. The zero-order valence-electron chi connectivity index (χ0n) is 11.9. The highest BCUT2D eigenvalue weighted by Crippen LogP contribution is 2.49. The van der Waals surface area contributed by atoms with Crippen molar-refractivity contribution < 1.29 is 9.53 Å². The van der Waals surface area contributed by atoms with Gasteiger partial charge in [-0.1, -0.05) is 22.4 Å². The molecule has 0 amide bonds. The molecule has 2 aliphatic rings. The molecule has 0 saturated heterocycles. The van der Waals surface area contributed by atoms with E-state index in [9.17, 15) is 4.79 Å². The minimum absolute atomic E-state index is 0.372. The molecule has 0 radical (unpaired) electrons. The highest BCUT2D eigenvalue weighted by atomic mass is 79.9. The van der Waals surface area contributed by atoms with Crippen LogP contribution >= 0.6 is 15.9 Å². The van der Waals surface area contributed by atoms with E-state index in [0.29, 0.717) is 18.1 Å². The minimum atomic E-state index is 0.372. The lowest BCUT2D eigenvalue weighted by molar-refractivity contribution is -0.119. The third-order valence-electron chi connectivity index (χ3n) is 5.01. The molecule has 2 saturated carbocycles. The molecule has 0 spiro atoms. The molecule has 2 aliphatic carbocycles. The van der Waals surface area contributed by atoms with E-state index < -0.39 is 0 Å². The van der Waals surface area contributed by atoms with Gasteiger partial charge in [-0.15, -0.1) is 0 Å². The van der Waals surface area contributed by atoms with Gasteiger partial charge in [-0.25, -0.2) is 0 Å². The molecule has 0 heterocycles. The van der Waals surface area contributed by atoms with Gasteiger partial charge >= 0.3 is 0 Å². The molecule has 108 valence electrons. The molecule has 2 fully saturated rings. The van der Waals surface area contributed by atoms with Gasteiger partial charge < -0.3 is 4.74 Å². The van der Waals surface area contributed by atoms with Crippen molar-refractivity contribution in [2.24, 2.45) is 17.8 Å². The number of hydrogen-bond donors (Lipinski definition) is 0. The van der Waals surface area contributed by atoms with E-state index >= 15 is 0 Å². The van der Waals surface area contributed by atoms with E-state index in [1.165, 1.54) is 25.7 Å². The summed E-state index contributed by atoms with van der Waals surface area (Å²) in [4.78, 5) is 12.3. The van der Waals surface area contributed by atoms with Gasteiger partial charge in [0.1, 0.15) is 11.5 Å². The Labute approximate surface area is 129 Å². The fourth-order valence-electron chi connectivity index (χ4n) is 4.02. The van der Waals surface area contributed by atoms with Crippen LogP contribution in [-0.4, -0.2) is 12.9 Å². The first-order valence-corrected chi connectivity index (χ1v) is 8.29. The van der Waals surface area contributed by atoms with Gasteiger partial charge in [-0.2, -0.15) is 0 Å². The average molecular weight is 337 g/mol. The lowest BCUT2D eigenvalue weighted by Gasteiger charge is -2.20. The smallest absolute Gasteiger partial charge is 0.137 e. The Balaban J connectivity index is 1.61. The largest absolute Gasteiger partial charge is 0.497 e. The Morgan fingerprint density at radius 3 is 2.85 bits per heavy atom. The fourth-order valence-corrected chi connectivity index (χ4v) is 4.40. The van der Waals surface area contributed by atoms with Crippen molar-refractivity contribution in [1.29, 1.82) is 0 Å². The molecule has 1 aromatic carbocycles. The molecule has 1 aromatic rings. The number of carbonyl (C=O) groups is 1. The van der Waals surface area contributed by atoms with Crippen LogP contribution in [0.1, 0.15) is 37.7 Å². The Hall–Kier alpha value is -0.830. The van der Waals surface area contributed by atoms with E-state index in [2.05, 4.69) is 15.9 Å². The van der Waals surface area contributed by atoms with Crippen LogP contribution in [0.4, 0.5) is 0 Å². The third kappa shape index (κ3) is 2.93. The molecular weight excluding hydrogens is 316 g/mol. The van der Waals surface area contributed by atoms with E-state index in [1.54, 1.807) is 7.11 Å². The quantitative estimate of drug-likeness (QED) is 0.796. The fraction of sp³-hybridized carbons (Fsp3) is 0.588. The van der Waals surface area contributed by atoms with Crippen LogP contribution in [0.15, 0.2) is 22.7 Å². The van der Waals surface area contributed by atoms with Gasteiger partial charge in [0.05, 0.1) is 7.11 Å². The number of hydrogen-bond acceptors (Lipinski definition) is 2. The number of rotatable bonds is 5. The van der Waals surface area contributed by atoms with Crippen LogP contribution in [-0.2, 0) is 11.2 Å². The Morgan fingerprint density at radius 1 is 1.35 bits per heavy atom. The number of fused-ring (bicyclic) bond motifs is 2. The van der Waals surface area contributed by atoms with Crippen LogP contribution in [0.5, 0.6) is 5.75 Å². The molecule has 3 unspecified atom stereocenters. The lowest BCUT2D eigenvalue weighted by atomic mass is 9.84. The molecule has 0 aliphatic heterocycles. The molecule has 0 aromatic heterocycles. The van der Waals surface area contributed by atoms with Crippen LogP contribution in [0.3, 0.4) is 0 Å². The summed E-state index contributed by atoms with van der Waals surface area (Å²) >= 11 is 3.53. The summed E-state index contributed by atoms with van der Waals surface area (Å²) in [5.74, 6) is 3.59. The van der Waals surface area contributed by atoms with Crippen molar-refractivity contribution in [3.05, 3.63) is 28.2 Å². The van der Waals surface area contributed by atoms with E-state index in [1.807, 2.05) is 18.2 Å². The highest BCUT2D eigenvalue weighted by Gasteiger charge is 2.39. The molecule has 0 N–H and O–H groups in total. The Bertz CT molecular complexity index is 512.